The Bertz CT molecular complexity index is 992. The number of aromatic nitrogens is 3. The molecule has 1 amide bonds. The second-order valence-electron chi connectivity index (χ2n) is 6.44. The molecule has 154 valence electrons. The summed E-state index contributed by atoms with van der Waals surface area (Å²) < 4.78 is 12.5. The Morgan fingerprint density at radius 3 is 2.79 bits per heavy atom. The number of furan rings is 1. The predicted octanol–water partition coefficient (Wildman–Crippen LogP) is 4.17. The summed E-state index contributed by atoms with van der Waals surface area (Å²) in [5, 5.41) is 14.0. The highest BCUT2D eigenvalue weighted by Gasteiger charge is 2.24. The molecule has 0 fully saturated rings. The molecule has 8 nitrogen and oxygen atoms in total. The SMILES string of the molecule is CCOC(=O)c1c(-c2ccco2)csc1NC(=O)CSc1nnc(C(C)C)n1C. The van der Waals surface area contributed by atoms with Crippen LogP contribution in [-0.2, 0) is 16.6 Å². The molecule has 0 saturated carbocycles. The number of hydrogen-bond acceptors (Lipinski definition) is 8. The molecule has 3 aromatic heterocycles. The normalized spacial score (nSPS) is 11.1. The Morgan fingerprint density at radius 2 is 2.17 bits per heavy atom. The van der Waals surface area contributed by atoms with Crippen molar-refractivity contribution in [3.63, 3.8) is 0 Å². The number of carbonyl (C=O) groups is 2. The smallest absolute Gasteiger partial charge is 0.341 e. The van der Waals surface area contributed by atoms with Gasteiger partial charge in [0.25, 0.3) is 0 Å². The molecule has 0 aliphatic heterocycles. The predicted molar refractivity (Wildman–Crippen MR) is 112 cm³/mol. The molecule has 0 spiro atoms. The van der Waals surface area contributed by atoms with E-state index < -0.39 is 5.97 Å². The van der Waals surface area contributed by atoms with E-state index in [1.54, 1.807) is 24.4 Å². The maximum absolute atomic E-state index is 12.5. The van der Waals surface area contributed by atoms with E-state index in [9.17, 15) is 9.59 Å². The Morgan fingerprint density at radius 1 is 1.38 bits per heavy atom. The van der Waals surface area contributed by atoms with Crippen molar-refractivity contribution < 1.29 is 18.7 Å². The number of nitrogens with one attached hydrogen (secondary N) is 1. The summed E-state index contributed by atoms with van der Waals surface area (Å²) in [5.74, 6) is 1.04. The van der Waals surface area contributed by atoms with Gasteiger partial charge in [-0.25, -0.2) is 4.79 Å². The minimum absolute atomic E-state index is 0.139. The van der Waals surface area contributed by atoms with Gasteiger partial charge >= 0.3 is 5.97 Å². The number of amides is 1. The maximum atomic E-state index is 12.5. The zero-order valence-electron chi connectivity index (χ0n) is 16.6. The van der Waals surface area contributed by atoms with Crippen LogP contribution in [0.1, 0.15) is 42.9 Å². The zero-order chi connectivity index (χ0) is 21.0. The summed E-state index contributed by atoms with van der Waals surface area (Å²) in [6.45, 7) is 6.04. The largest absolute Gasteiger partial charge is 0.464 e. The van der Waals surface area contributed by atoms with Crippen molar-refractivity contribution in [1.82, 2.24) is 14.8 Å². The van der Waals surface area contributed by atoms with Gasteiger partial charge in [0.1, 0.15) is 22.1 Å². The van der Waals surface area contributed by atoms with Crippen LogP contribution in [0.5, 0.6) is 0 Å². The average molecular weight is 435 g/mol. The third-order valence-corrected chi connectivity index (χ3v) is 5.94. The minimum Gasteiger partial charge on any atom is -0.464 e. The Hall–Kier alpha value is -2.59. The second kappa shape index (κ2) is 9.27. The van der Waals surface area contributed by atoms with Crippen molar-refractivity contribution in [2.75, 3.05) is 17.7 Å². The minimum atomic E-state index is -0.502. The van der Waals surface area contributed by atoms with Gasteiger partial charge in [0.05, 0.1) is 18.6 Å². The van der Waals surface area contributed by atoms with Gasteiger partial charge in [-0.15, -0.1) is 21.5 Å². The first-order chi connectivity index (χ1) is 13.9. The number of esters is 1. The van der Waals surface area contributed by atoms with Crippen LogP contribution in [0.2, 0.25) is 0 Å². The number of thiophene rings is 1. The van der Waals surface area contributed by atoms with Crippen molar-refractivity contribution in [2.24, 2.45) is 7.05 Å². The Labute approximate surface area is 176 Å². The molecule has 10 heteroatoms. The number of nitrogens with zero attached hydrogens (tertiary/aromatic N) is 3. The number of rotatable bonds is 8. The van der Waals surface area contributed by atoms with E-state index in [1.807, 2.05) is 25.5 Å². The second-order valence-corrected chi connectivity index (χ2v) is 8.26. The molecule has 0 bridgehead atoms. The summed E-state index contributed by atoms with van der Waals surface area (Å²) in [4.78, 5) is 25.0. The fourth-order valence-corrected chi connectivity index (χ4v) is 4.39. The molecule has 0 radical (unpaired) electrons. The molecule has 1 N–H and O–H groups in total. The van der Waals surface area contributed by atoms with Crippen LogP contribution in [0.15, 0.2) is 33.3 Å². The molecule has 0 aliphatic rings. The molecule has 0 saturated heterocycles. The van der Waals surface area contributed by atoms with Gasteiger partial charge in [-0.3, -0.25) is 4.79 Å². The molecule has 0 aliphatic carbocycles. The fraction of sp³-hybridized carbons (Fsp3) is 0.368. The highest BCUT2D eigenvalue weighted by Crippen LogP contribution is 2.36. The summed E-state index contributed by atoms with van der Waals surface area (Å²) in [7, 11) is 1.88. The molecular weight excluding hydrogens is 412 g/mol. The quantitative estimate of drug-likeness (QED) is 0.420. The number of anilines is 1. The van der Waals surface area contributed by atoms with Gasteiger partial charge in [-0.05, 0) is 19.1 Å². The topological polar surface area (TPSA) is 99.2 Å². The summed E-state index contributed by atoms with van der Waals surface area (Å²) in [6, 6.07) is 3.50. The van der Waals surface area contributed by atoms with Gasteiger partial charge in [0.15, 0.2) is 5.16 Å². The van der Waals surface area contributed by atoms with Crippen LogP contribution in [0.25, 0.3) is 11.3 Å². The lowest BCUT2D eigenvalue weighted by Gasteiger charge is -2.08. The van der Waals surface area contributed by atoms with E-state index in [0.29, 0.717) is 27.0 Å². The molecule has 3 rings (SSSR count). The van der Waals surface area contributed by atoms with E-state index in [0.717, 1.165) is 5.82 Å². The van der Waals surface area contributed by atoms with Crippen LogP contribution >= 0.6 is 23.1 Å². The highest BCUT2D eigenvalue weighted by atomic mass is 32.2. The zero-order valence-corrected chi connectivity index (χ0v) is 18.2. The van der Waals surface area contributed by atoms with Crippen LogP contribution < -0.4 is 5.32 Å². The van der Waals surface area contributed by atoms with Crippen molar-refractivity contribution in [3.8, 4) is 11.3 Å². The Kier molecular flexibility index (Phi) is 6.75. The van der Waals surface area contributed by atoms with E-state index in [4.69, 9.17) is 9.15 Å². The van der Waals surface area contributed by atoms with Gasteiger partial charge in [0, 0.05) is 23.9 Å². The van der Waals surface area contributed by atoms with Crippen molar-refractivity contribution in [2.45, 2.75) is 31.8 Å². The highest BCUT2D eigenvalue weighted by molar-refractivity contribution is 7.99. The number of carbonyl (C=O) groups excluding carboxylic acids is 2. The first-order valence-electron chi connectivity index (χ1n) is 9.06. The lowest BCUT2D eigenvalue weighted by molar-refractivity contribution is -0.113. The molecular formula is C19H22N4O4S2. The monoisotopic (exact) mass is 434 g/mol. The lowest BCUT2D eigenvalue weighted by atomic mass is 10.1. The molecule has 29 heavy (non-hydrogen) atoms. The van der Waals surface area contributed by atoms with Crippen molar-refractivity contribution >= 4 is 40.0 Å². The van der Waals surface area contributed by atoms with Gasteiger partial charge in [-0.1, -0.05) is 25.6 Å². The van der Waals surface area contributed by atoms with Crippen LogP contribution in [0.4, 0.5) is 5.00 Å². The first-order valence-corrected chi connectivity index (χ1v) is 10.9. The maximum Gasteiger partial charge on any atom is 0.341 e. The number of ether oxygens (including phenoxy) is 1. The van der Waals surface area contributed by atoms with Gasteiger partial charge in [-0.2, -0.15) is 0 Å². The molecule has 0 unspecified atom stereocenters. The van der Waals surface area contributed by atoms with Crippen LogP contribution in [0.3, 0.4) is 0 Å². The first kappa shape index (κ1) is 21.1. The molecule has 0 aromatic carbocycles. The molecule has 3 aromatic rings. The third-order valence-electron chi connectivity index (χ3n) is 4.03. The van der Waals surface area contributed by atoms with Crippen LogP contribution in [-0.4, -0.2) is 39.0 Å². The van der Waals surface area contributed by atoms with Gasteiger partial charge in [0.2, 0.25) is 5.91 Å². The van der Waals surface area contributed by atoms with E-state index in [1.165, 1.54) is 29.4 Å². The average Bonchev–Trinajstić information content (AvgIpc) is 3.39. The van der Waals surface area contributed by atoms with Crippen molar-refractivity contribution in [3.05, 3.63) is 35.2 Å². The fourth-order valence-electron chi connectivity index (χ4n) is 2.72. The summed E-state index contributed by atoms with van der Waals surface area (Å²) >= 11 is 2.54. The Balaban J connectivity index is 1.74. The standard InChI is InChI=1S/C19H22N4O4S2/c1-5-26-18(25)15-12(13-7-6-8-27-13)9-28-17(15)20-14(24)10-29-19-22-21-16(11(2)3)23(19)4/h6-9,11H,5,10H2,1-4H3,(H,20,24). The van der Waals surface area contributed by atoms with E-state index in [-0.39, 0.29) is 24.2 Å². The van der Waals surface area contributed by atoms with E-state index >= 15 is 0 Å². The lowest BCUT2D eigenvalue weighted by Crippen LogP contribution is -2.16. The van der Waals surface area contributed by atoms with Gasteiger partial charge < -0.3 is 19.0 Å². The molecule has 0 atom stereocenters. The molecule has 3 heterocycles. The summed E-state index contributed by atoms with van der Waals surface area (Å²) in [5.41, 5.74) is 0.891. The summed E-state index contributed by atoms with van der Waals surface area (Å²) in [6.07, 6.45) is 1.53. The number of hydrogen-bond donors (Lipinski definition) is 1. The van der Waals surface area contributed by atoms with Crippen molar-refractivity contribution in [1.29, 1.82) is 0 Å². The van der Waals surface area contributed by atoms with Crippen LogP contribution in [0, 0.1) is 0 Å². The number of thioether (sulfide) groups is 1. The third kappa shape index (κ3) is 4.70. The van der Waals surface area contributed by atoms with E-state index in [2.05, 4.69) is 15.5 Å².